The van der Waals surface area contributed by atoms with E-state index in [0.29, 0.717) is 0 Å². The largest absolute Gasteiger partial charge is 0.497 e. The Kier molecular flexibility index (Phi) is 4.36. The molecule has 2 rings (SSSR count). The first-order valence-electron chi connectivity index (χ1n) is 6.38. The fourth-order valence-electron chi connectivity index (χ4n) is 2.30. The standard InChI is InChI=1S/C15H20O2S/c1-12(15(16)10-4-3-5-11-15)18-14-8-6-13(17-2)7-9-14/h6-9,16H,1,3-5,10-11H2,2H3. The van der Waals surface area contributed by atoms with E-state index in [1.54, 1.807) is 18.9 Å². The van der Waals surface area contributed by atoms with Gasteiger partial charge in [-0.3, -0.25) is 0 Å². The van der Waals surface area contributed by atoms with Gasteiger partial charge in [0.05, 0.1) is 12.7 Å². The molecule has 0 atom stereocenters. The fourth-order valence-corrected chi connectivity index (χ4v) is 3.25. The third-order valence-electron chi connectivity index (χ3n) is 3.50. The van der Waals surface area contributed by atoms with Crippen LogP contribution in [0.3, 0.4) is 0 Å². The van der Waals surface area contributed by atoms with Gasteiger partial charge in [-0.25, -0.2) is 0 Å². The molecule has 98 valence electrons. The molecular formula is C15H20O2S. The molecule has 0 aromatic heterocycles. The first-order valence-corrected chi connectivity index (χ1v) is 7.19. The van der Waals surface area contributed by atoms with Gasteiger partial charge >= 0.3 is 0 Å². The zero-order valence-electron chi connectivity index (χ0n) is 10.8. The van der Waals surface area contributed by atoms with Gasteiger partial charge in [-0.1, -0.05) is 37.6 Å². The van der Waals surface area contributed by atoms with Gasteiger partial charge in [-0.2, -0.15) is 0 Å². The monoisotopic (exact) mass is 264 g/mol. The SMILES string of the molecule is C=C(Sc1ccc(OC)cc1)C1(O)CCCCC1. The van der Waals surface area contributed by atoms with Gasteiger partial charge in [0, 0.05) is 9.80 Å². The lowest BCUT2D eigenvalue weighted by atomic mass is 9.85. The first kappa shape index (κ1) is 13.5. The van der Waals surface area contributed by atoms with Crippen molar-refractivity contribution in [2.45, 2.75) is 42.6 Å². The molecule has 0 amide bonds. The molecular weight excluding hydrogens is 244 g/mol. The molecule has 3 heteroatoms. The number of benzene rings is 1. The molecule has 18 heavy (non-hydrogen) atoms. The second-order valence-electron chi connectivity index (χ2n) is 4.79. The van der Waals surface area contributed by atoms with Crippen molar-refractivity contribution in [3.05, 3.63) is 35.7 Å². The van der Waals surface area contributed by atoms with Gasteiger partial charge in [0.2, 0.25) is 0 Å². The Hall–Kier alpha value is -0.930. The molecule has 1 aromatic carbocycles. The zero-order chi connectivity index (χ0) is 13.0. The van der Waals surface area contributed by atoms with Crippen LogP contribution in [0, 0.1) is 0 Å². The minimum Gasteiger partial charge on any atom is -0.497 e. The Morgan fingerprint density at radius 3 is 2.39 bits per heavy atom. The van der Waals surface area contributed by atoms with Gasteiger partial charge in [0.25, 0.3) is 0 Å². The average Bonchev–Trinajstić information content (AvgIpc) is 2.40. The first-order chi connectivity index (χ1) is 8.64. The van der Waals surface area contributed by atoms with E-state index >= 15 is 0 Å². The molecule has 1 saturated carbocycles. The second-order valence-corrected chi connectivity index (χ2v) is 5.96. The van der Waals surface area contributed by atoms with E-state index in [0.717, 1.165) is 41.2 Å². The fraction of sp³-hybridized carbons (Fsp3) is 0.467. The zero-order valence-corrected chi connectivity index (χ0v) is 11.6. The van der Waals surface area contributed by atoms with Gasteiger partial charge in [-0.05, 0) is 37.1 Å². The summed E-state index contributed by atoms with van der Waals surface area (Å²) in [7, 11) is 1.66. The Balaban J connectivity index is 2.01. The number of aliphatic hydroxyl groups is 1. The number of hydrogen-bond acceptors (Lipinski definition) is 3. The lowest BCUT2D eigenvalue weighted by molar-refractivity contribution is 0.0480. The predicted molar refractivity (Wildman–Crippen MR) is 76.0 cm³/mol. The number of thioether (sulfide) groups is 1. The summed E-state index contributed by atoms with van der Waals surface area (Å²) in [6.45, 7) is 4.07. The lowest BCUT2D eigenvalue weighted by Gasteiger charge is -2.33. The van der Waals surface area contributed by atoms with Crippen molar-refractivity contribution in [2.24, 2.45) is 0 Å². The second kappa shape index (κ2) is 5.81. The number of ether oxygens (including phenoxy) is 1. The molecule has 1 fully saturated rings. The third kappa shape index (κ3) is 3.09. The van der Waals surface area contributed by atoms with Crippen LogP contribution in [0.2, 0.25) is 0 Å². The molecule has 0 aliphatic heterocycles. The van der Waals surface area contributed by atoms with E-state index in [1.807, 2.05) is 24.3 Å². The van der Waals surface area contributed by atoms with E-state index in [4.69, 9.17) is 4.74 Å². The van der Waals surface area contributed by atoms with E-state index in [2.05, 4.69) is 6.58 Å². The van der Waals surface area contributed by atoms with Crippen molar-refractivity contribution < 1.29 is 9.84 Å². The molecule has 1 aromatic rings. The highest BCUT2D eigenvalue weighted by atomic mass is 32.2. The Morgan fingerprint density at radius 1 is 1.22 bits per heavy atom. The third-order valence-corrected chi connectivity index (χ3v) is 4.63. The van der Waals surface area contributed by atoms with Gasteiger partial charge in [0.15, 0.2) is 0 Å². The Labute approximate surface area is 113 Å². The van der Waals surface area contributed by atoms with Gasteiger partial charge in [0.1, 0.15) is 5.75 Å². The number of hydrogen-bond donors (Lipinski definition) is 1. The van der Waals surface area contributed by atoms with Crippen LogP contribution in [-0.2, 0) is 0 Å². The van der Waals surface area contributed by atoms with Crippen molar-refractivity contribution >= 4 is 11.8 Å². The molecule has 2 nitrogen and oxygen atoms in total. The molecule has 1 aliphatic rings. The van der Waals surface area contributed by atoms with Crippen molar-refractivity contribution in [3.63, 3.8) is 0 Å². The maximum atomic E-state index is 10.6. The molecule has 0 radical (unpaired) electrons. The van der Waals surface area contributed by atoms with Crippen molar-refractivity contribution in [3.8, 4) is 5.75 Å². The quantitative estimate of drug-likeness (QED) is 0.834. The topological polar surface area (TPSA) is 29.5 Å². The summed E-state index contributed by atoms with van der Waals surface area (Å²) in [6, 6.07) is 7.86. The summed E-state index contributed by atoms with van der Waals surface area (Å²) < 4.78 is 5.13. The minimum absolute atomic E-state index is 0.678. The lowest BCUT2D eigenvalue weighted by Crippen LogP contribution is -2.31. The Bertz CT molecular complexity index is 405. The molecule has 0 unspecified atom stereocenters. The van der Waals surface area contributed by atoms with Crippen molar-refractivity contribution in [1.82, 2.24) is 0 Å². The normalized spacial score (nSPS) is 18.3. The predicted octanol–water partition coefficient (Wildman–Crippen LogP) is 4.00. The molecule has 0 bridgehead atoms. The van der Waals surface area contributed by atoms with Crippen LogP contribution in [0.15, 0.2) is 40.6 Å². The summed E-state index contributed by atoms with van der Waals surface area (Å²) in [6.07, 6.45) is 5.10. The van der Waals surface area contributed by atoms with Crippen molar-refractivity contribution in [1.29, 1.82) is 0 Å². The minimum atomic E-state index is -0.678. The van der Waals surface area contributed by atoms with E-state index < -0.39 is 5.60 Å². The number of rotatable bonds is 4. The van der Waals surface area contributed by atoms with Crippen LogP contribution in [-0.4, -0.2) is 17.8 Å². The van der Waals surface area contributed by atoms with Crippen LogP contribution in [0.1, 0.15) is 32.1 Å². The number of methoxy groups -OCH3 is 1. The summed E-state index contributed by atoms with van der Waals surface area (Å²) in [5, 5.41) is 10.6. The highest BCUT2D eigenvalue weighted by molar-refractivity contribution is 8.03. The summed E-state index contributed by atoms with van der Waals surface area (Å²) in [4.78, 5) is 1.96. The molecule has 0 saturated heterocycles. The van der Waals surface area contributed by atoms with E-state index in [9.17, 15) is 5.11 Å². The summed E-state index contributed by atoms with van der Waals surface area (Å²) in [5.41, 5.74) is -0.678. The van der Waals surface area contributed by atoms with Gasteiger partial charge < -0.3 is 9.84 Å². The van der Waals surface area contributed by atoms with Crippen LogP contribution >= 0.6 is 11.8 Å². The van der Waals surface area contributed by atoms with Crippen LogP contribution < -0.4 is 4.74 Å². The van der Waals surface area contributed by atoms with E-state index in [-0.39, 0.29) is 0 Å². The van der Waals surface area contributed by atoms with E-state index in [1.165, 1.54) is 6.42 Å². The summed E-state index contributed by atoms with van der Waals surface area (Å²) >= 11 is 1.57. The highest BCUT2D eigenvalue weighted by Crippen LogP contribution is 2.41. The average molecular weight is 264 g/mol. The van der Waals surface area contributed by atoms with Crippen LogP contribution in [0.4, 0.5) is 0 Å². The van der Waals surface area contributed by atoms with Crippen LogP contribution in [0.25, 0.3) is 0 Å². The molecule has 1 aliphatic carbocycles. The van der Waals surface area contributed by atoms with Crippen molar-refractivity contribution in [2.75, 3.05) is 7.11 Å². The van der Waals surface area contributed by atoms with Gasteiger partial charge in [-0.15, -0.1) is 0 Å². The maximum Gasteiger partial charge on any atom is 0.118 e. The van der Waals surface area contributed by atoms with Crippen LogP contribution in [0.5, 0.6) is 5.75 Å². The maximum absolute atomic E-state index is 10.6. The molecule has 0 heterocycles. The Morgan fingerprint density at radius 2 is 1.83 bits per heavy atom. The highest BCUT2D eigenvalue weighted by Gasteiger charge is 2.32. The molecule has 1 N–H and O–H groups in total. The smallest absolute Gasteiger partial charge is 0.118 e. The summed E-state index contributed by atoms with van der Waals surface area (Å²) in [5.74, 6) is 0.848. The molecule has 0 spiro atoms.